The van der Waals surface area contributed by atoms with Gasteiger partial charge in [-0.2, -0.15) is 0 Å². The van der Waals surface area contributed by atoms with E-state index in [1.807, 2.05) is 0 Å². The number of hydrogen-bond donors (Lipinski definition) is 3. The van der Waals surface area contributed by atoms with Crippen molar-refractivity contribution in [1.29, 1.82) is 0 Å². The molecule has 3 N–H and O–H groups in total. The predicted octanol–water partition coefficient (Wildman–Crippen LogP) is 23.4. The van der Waals surface area contributed by atoms with Crippen molar-refractivity contribution < 1.29 is 80.2 Å². The fraction of sp³-hybridized carbons (Fsp3) is 0.671. The van der Waals surface area contributed by atoms with E-state index >= 15 is 0 Å². The smallest absolute Gasteiger partial charge is 0.462 e. The molecule has 0 aliphatic carbocycles. The molecule has 0 aromatic rings. The van der Waals surface area contributed by atoms with Crippen LogP contribution in [0, 0.1) is 0 Å². The minimum atomic E-state index is -5.00. The summed E-state index contributed by atoms with van der Waals surface area (Å²) in [4.78, 5) is 73.0. The third-order valence-corrected chi connectivity index (χ3v) is 18.2. The highest BCUT2D eigenvalue weighted by Gasteiger charge is 2.30. The monoisotopic (exact) mass is 1500 g/mol. The summed E-state index contributed by atoms with van der Waals surface area (Å²) in [5.74, 6) is -2.27. The van der Waals surface area contributed by atoms with E-state index < -0.39 is 97.5 Å². The number of unbranched alkanes of at least 4 members (excludes halogenated alkanes) is 24. The molecule has 19 heteroatoms. The third-order valence-electron chi connectivity index (χ3n) is 16.3. The zero-order valence-electron chi connectivity index (χ0n) is 64.9. The van der Waals surface area contributed by atoms with Crippen molar-refractivity contribution in [2.24, 2.45) is 0 Å². The molecule has 104 heavy (non-hydrogen) atoms. The van der Waals surface area contributed by atoms with E-state index in [-0.39, 0.29) is 25.7 Å². The number of aliphatic hydroxyl groups excluding tert-OH is 1. The van der Waals surface area contributed by atoms with Crippen molar-refractivity contribution in [1.82, 2.24) is 0 Å². The lowest BCUT2D eigenvalue weighted by Crippen LogP contribution is -2.30. The van der Waals surface area contributed by atoms with Gasteiger partial charge in [0.15, 0.2) is 12.2 Å². The maximum atomic E-state index is 13.1. The molecule has 594 valence electrons. The number of phosphoric acid groups is 2. The van der Waals surface area contributed by atoms with Gasteiger partial charge in [0, 0.05) is 25.7 Å². The fourth-order valence-corrected chi connectivity index (χ4v) is 11.8. The van der Waals surface area contributed by atoms with Crippen LogP contribution >= 0.6 is 15.6 Å². The summed E-state index contributed by atoms with van der Waals surface area (Å²) in [5.41, 5.74) is 0. The number of hydrogen-bond acceptors (Lipinski definition) is 15. The second-order valence-electron chi connectivity index (χ2n) is 26.2. The highest BCUT2D eigenvalue weighted by Crippen LogP contribution is 2.45. The summed E-state index contributed by atoms with van der Waals surface area (Å²) in [6, 6.07) is 0. The summed E-state index contributed by atoms with van der Waals surface area (Å²) in [5, 5.41) is 10.6. The lowest BCUT2D eigenvalue weighted by Gasteiger charge is -2.21. The Morgan fingerprint density at radius 3 is 0.808 bits per heavy atom. The molecule has 0 amide bonds. The van der Waals surface area contributed by atoms with Crippen molar-refractivity contribution >= 4 is 39.5 Å². The topological polar surface area (TPSA) is 237 Å². The normalized spacial score (nSPS) is 14.6. The number of phosphoric ester groups is 2. The summed E-state index contributed by atoms with van der Waals surface area (Å²) in [7, 11) is -9.99. The van der Waals surface area contributed by atoms with Crippen molar-refractivity contribution in [2.45, 2.75) is 329 Å². The molecule has 0 saturated carbocycles. The molecule has 0 heterocycles. The summed E-state index contributed by atoms with van der Waals surface area (Å²) >= 11 is 0. The largest absolute Gasteiger partial charge is 0.472 e. The van der Waals surface area contributed by atoms with Crippen LogP contribution < -0.4 is 0 Å². The summed E-state index contributed by atoms with van der Waals surface area (Å²) in [6.45, 7) is 4.52. The molecule has 0 aromatic heterocycles. The second-order valence-corrected chi connectivity index (χ2v) is 29.1. The highest BCUT2D eigenvalue weighted by molar-refractivity contribution is 7.47. The van der Waals surface area contributed by atoms with E-state index in [1.165, 1.54) is 44.9 Å². The van der Waals surface area contributed by atoms with Crippen LogP contribution in [0.1, 0.15) is 310 Å². The van der Waals surface area contributed by atoms with Crippen LogP contribution in [0.3, 0.4) is 0 Å². The number of carbonyl (C=O) groups excluding carboxylic acids is 4. The van der Waals surface area contributed by atoms with Crippen LogP contribution in [0.25, 0.3) is 0 Å². The van der Waals surface area contributed by atoms with E-state index in [0.29, 0.717) is 25.7 Å². The molecule has 0 saturated heterocycles. The van der Waals surface area contributed by atoms with Gasteiger partial charge in [0.25, 0.3) is 0 Å². The Bertz CT molecular complexity index is 2540. The Labute approximate surface area is 630 Å². The van der Waals surface area contributed by atoms with Crippen molar-refractivity contribution in [2.75, 3.05) is 39.6 Å². The van der Waals surface area contributed by atoms with Gasteiger partial charge in [-0.05, 0) is 167 Å². The Balaban J connectivity index is 5.44. The minimum absolute atomic E-state index is 0.0543. The molecule has 0 aliphatic heterocycles. The van der Waals surface area contributed by atoms with Crippen molar-refractivity contribution in [3.8, 4) is 0 Å². The zero-order chi connectivity index (χ0) is 76.0. The summed E-state index contributed by atoms with van der Waals surface area (Å²) in [6.07, 6.45) is 86.8. The van der Waals surface area contributed by atoms with Gasteiger partial charge < -0.3 is 33.8 Å². The van der Waals surface area contributed by atoms with E-state index in [1.54, 1.807) is 0 Å². The van der Waals surface area contributed by atoms with Gasteiger partial charge in [-0.15, -0.1) is 0 Å². The van der Waals surface area contributed by atoms with E-state index in [0.717, 1.165) is 186 Å². The molecule has 0 aliphatic rings. The fourth-order valence-electron chi connectivity index (χ4n) is 10.2. The Morgan fingerprint density at radius 1 is 0.279 bits per heavy atom. The highest BCUT2D eigenvalue weighted by atomic mass is 31.2. The SMILES string of the molecule is CC/C=C\C/C=C\C/C=C\C/C=C\C/C=C\CCCCCC(=O)OCC(COP(=O)(O)OCC(O)COP(=O)(O)OCC(COC(=O)CCCCCCC/C=C\C/C=C\CCCCC)OC(=O)CCCCCCC/C=C\CCCCCC)OC(=O)CCCCCC/C=C\C/C=C\C/C=C\C/C=C\CC. The quantitative estimate of drug-likeness (QED) is 0.0169. The zero-order valence-corrected chi connectivity index (χ0v) is 66.7. The van der Waals surface area contributed by atoms with Gasteiger partial charge in [0.2, 0.25) is 0 Å². The van der Waals surface area contributed by atoms with Gasteiger partial charge in [-0.1, -0.05) is 263 Å². The van der Waals surface area contributed by atoms with Crippen LogP contribution in [0.4, 0.5) is 0 Å². The predicted molar refractivity (Wildman–Crippen MR) is 427 cm³/mol. The number of ether oxygens (including phenoxy) is 4. The average Bonchev–Trinajstić information content (AvgIpc) is 0.911. The molecule has 0 spiro atoms. The first kappa shape index (κ1) is 98.9. The standard InChI is InChI=1S/C85H142O17P2/c1-5-9-13-17-21-25-29-33-36-38-39-41-43-47-50-54-58-62-66-70-83(88)96-76-81(102-85(90)72-68-64-60-56-52-48-44-40-37-34-30-26-22-18-14-10-6-2)78-100-104(93,94)98-74-79(86)73-97-103(91,92)99-77-80(101-84(89)71-67-63-59-55-51-45-32-28-24-20-16-12-8-4)75-95-82(87)69-65-61-57-53-49-46-42-35-31-27-23-19-15-11-7-3/h9-10,13-14,21-23,25-28,32-37,39,41-42,44,47-48,50,79-81,86H,5-8,11-12,15-20,24,29-31,38,40,43,45-46,49,51-78H2,1-4H3,(H,91,92)(H,93,94)/b13-9-,14-10-,25-21-,26-22-,27-23-,32-28-,36-33-,37-34-,41-39-,42-35-,48-44-,50-47-. The molecular formula is C85H142O17P2. The number of allylic oxidation sites excluding steroid dienone is 24. The average molecular weight is 1500 g/mol. The number of aliphatic hydroxyl groups is 1. The third kappa shape index (κ3) is 75.2. The van der Waals surface area contributed by atoms with Crippen LogP contribution in [0.15, 0.2) is 146 Å². The Morgan fingerprint density at radius 2 is 0.500 bits per heavy atom. The maximum Gasteiger partial charge on any atom is 0.472 e. The Kier molecular flexibility index (Phi) is 72.4. The minimum Gasteiger partial charge on any atom is -0.462 e. The van der Waals surface area contributed by atoms with Crippen LogP contribution in [0.2, 0.25) is 0 Å². The van der Waals surface area contributed by atoms with Crippen molar-refractivity contribution in [3.63, 3.8) is 0 Å². The van der Waals surface area contributed by atoms with Gasteiger partial charge in [-0.25, -0.2) is 9.13 Å². The summed E-state index contributed by atoms with van der Waals surface area (Å²) < 4.78 is 68.6. The van der Waals surface area contributed by atoms with E-state index in [9.17, 15) is 43.2 Å². The number of rotatable bonds is 74. The van der Waals surface area contributed by atoms with Gasteiger partial charge in [0.1, 0.15) is 19.3 Å². The van der Waals surface area contributed by atoms with Crippen LogP contribution in [0.5, 0.6) is 0 Å². The molecule has 0 bridgehead atoms. The first-order chi connectivity index (χ1) is 50.7. The maximum absolute atomic E-state index is 13.1. The van der Waals surface area contributed by atoms with E-state index in [2.05, 4.69) is 174 Å². The second kappa shape index (κ2) is 76.1. The number of carbonyl (C=O) groups is 4. The molecule has 0 rings (SSSR count). The lowest BCUT2D eigenvalue weighted by molar-refractivity contribution is -0.161. The molecule has 17 nitrogen and oxygen atoms in total. The Hall–Kier alpha value is -5.06. The first-order valence-corrected chi connectivity index (χ1v) is 43.1. The molecule has 0 fully saturated rings. The molecule has 0 aromatic carbocycles. The van der Waals surface area contributed by atoms with Crippen LogP contribution in [-0.2, 0) is 65.4 Å². The van der Waals surface area contributed by atoms with Crippen molar-refractivity contribution in [3.05, 3.63) is 146 Å². The molecule has 5 atom stereocenters. The van der Waals surface area contributed by atoms with Gasteiger partial charge >= 0.3 is 39.5 Å². The number of esters is 4. The van der Waals surface area contributed by atoms with Crippen LogP contribution in [-0.4, -0.2) is 96.7 Å². The first-order valence-electron chi connectivity index (χ1n) is 40.1. The molecule has 5 unspecified atom stereocenters. The van der Waals surface area contributed by atoms with Gasteiger partial charge in [0.05, 0.1) is 26.4 Å². The lowest BCUT2D eigenvalue weighted by atomic mass is 10.1. The van der Waals surface area contributed by atoms with E-state index in [4.69, 9.17) is 37.0 Å². The van der Waals surface area contributed by atoms with Gasteiger partial charge in [-0.3, -0.25) is 37.3 Å². The molecular weight excluding hydrogens is 1350 g/mol. The molecule has 0 radical (unpaired) electrons.